The fourth-order valence-electron chi connectivity index (χ4n) is 13.2. The van der Waals surface area contributed by atoms with E-state index in [-0.39, 0.29) is 5.41 Å². The van der Waals surface area contributed by atoms with Gasteiger partial charge < -0.3 is 9.13 Å². The molecule has 0 saturated heterocycles. The standard InChI is InChI=1S/C74H66N2/c1-4-6-8-16-44-74(45-17-9-7-5-2)68-49-58(52-30-37-60(38-31-52)75-70-27-13-10-24-64(70)65-25-11-14-28-71(65)75)34-41-62(68)63-42-35-59(50-69(63)74)53-32-39-61(40-33-53)76-72-29-15-12-26-66(72)67-48-57(36-43-73(67)76)56-23-19-22-55(47-56)54-21-18-20-51(3)46-54/h10-15,18-43,46-50H,4-9,16-17,44-45H2,1-3H3. The first-order valence-electron chi connectivity index (χ1n) is 28.2. The van der Waals surface area contributed by atoms with Crippen molar-refractivity contribution < 1.29 is 0 Å². The highest BCUT2D eigenvalue weighted by Gasteiger charge is 2.42. The fourth-order valence-corrected chi connectivity index (χ4v) is 13.2. The molecule has 1 aliphatic carbocycles. The number of aromatic nitrogens is 2. The Balaban J connectivity index is 0.855. The molecule has 0 spiro atoms. The minimum Gasteiger partial charge on any atom is -0.309 e. The van der Waals surface area contributed by atoms with Crippen molar-refractivity contribution >= 4 is 43.6 Å². The second-order valence-corrected chi connectivity index (χ2v) is 21.7. The summed E-state index contributed by atoms with van der Waals surface area (Å²) in [6.45, 7) is 6.83. The second kappa shape index (κ2) is 20.2. The molecule has 0 amide bonds. The summed E-state index contributed by atoms with van der Waals surface area (Å²) < 4.78 is 4.87. The molecular formula is C74H66N2. The Morgan fingerprint density at radius 2 is 0.697 bits per heavy atom. The molecule has 13 rings (SSSR count). The van der Waals surface area contributed by atoms with Gasteiger partial charge in [-0.3, -0.25) is 0 Å². The Hall–Kier alpha value is -8.20. The van der Waals surface area contributed by atoms with Gasteiger partial charge in [-0.2, -0.15) is 0 Å². The van der Waals surface area contributed by atoms with Gasteiger partial charge >= 0.3 is 0 Å². The van der Waals surface area contributed by atoms with Crippen molar-refractivity contribution in [3.8, 4) is 67.0 Å². The zero-order valence-electron chi connectivity index (χ0n) is 44.3. The molecule has 0 bridgehead atoms. The first kappa shape index (κ1) is 47.5. The monoisotopic (exact) mass is 983 g/mol. The fraction of sp³-hybridized carbons (Fsp3) is 0.189. The number of aryl methyl sites for hydroxylation is 1. The highest BCUT2D eigenvalue weighted by atomic mass is 15.0. The first-order chi connectivity index (χ1) is 37.5. The highest BCUT2D eigenvalue weighted by molar-refractivity contribution is 6.11. The topological polar surface area (TPSA) is 9.86 Å². The molecule has 76 heavy (non-hydrogen) atoms. The van der Waals surface area contributed by atoms with E-state index < -0.39 is 0 Å². The summed E-state index contributed by atoms with van der Waals surface area (Å²) in [7, 11) is 0. The molecule has 0 N–H and O–H groups in total. The quantitative estimate of drug-likeness (QED) is 0.0854. The third kappa shape index (κ3) is 8.36. The van der Waals surface area contributed by atoms with Gasteiger partial charge in [0.2, 0.25) is 0 Å². The van der Waals surface area contributed by atoms with Crippen LogP contribution < -0.4 is 0 Å². The lowest BCUT2D eigenvalue weighted by Gasteiger charge is -2.33. The molecule has 0 aliphatic heterocycles. The SMILES string of the molecule is CCCCCCC1(CCCCCC)c2cc(-c3ccc(-n4c5ccccc5c5ccccc54)cc3)ccc2-c2ccc(-c3ccc(-n4c5ccccc5c5cc(-c6cccc(-c7cccc(C)c7)c6)ccc54)cc3)cc21. The smallest absolute Gasteiger partial charge is 0.0541 e. The van der Waals surface area contributed by atoms with E-state index in [0.29, 0.717) is 0 Å². The lowest BCUT2D eigenvalue weighted by atomic mass is 9.70. The van der Waals surface area contributed by atoms with Crippen molar-refractivity contribution in [2.45, 2.75) is 90.4 Å². The number of hydrogen-bond acceptors (Lipinski definition) is 0. The van der Waals surface area contributed by atoms with Crippen molar-refractivity contribution in [1.82, 2.24) is 9.13 Å². The predicted molar refractivity (Wildman–Crippen MR) is 325 cm³/mol. The van der Waals surface area contributed by atoms with E-state index in [2.05, 4.69) is 254 Å². The molecule has 12 aromatic rings. The minimum atomic E-state index is -0.0508. The van der Waals surface area contributed by atoms with Crippen LogP contribution in [0.3, 0.4) is 0 Å². The van der Waals surface area contributed by atoms with Crippen molar-refractivity contribution in [2.24, 2.45) is 0 Å². The van der Waals surface area contributed by atoms with E-state index in [4.69, 9.17) is 0 Å². The van der Waals surface area contributed by atoms with E-state index in [1.54, 1.807) is 0 Å². The summed E-state index contributed by atoms with van der Waals surface area (Å²) in [5.74, 6) is 0. The molecule has 0 unspecified atom stereocenters. The van der Waals surface area contributed by atoms with Crippen LogP contribution in [0.5, 0.6) is 0 Å². The predicted octanol–water partition coefficient (Wildman–Crippen LogP) is 21.1. The molecule has 372 valence electrons. The van der Waals surface area contributed by atoms with Gasteiger partial charge in [0.1, 0.15) is 0 Å². The first-order valence-corrected chi connectivity index (χ1v) is 28.2. The summed E-state index contributed by atoms with van der Waals surface area (Å²) in [6.07, 6.45) is 12.4. The lowest BCUT2D eigenvalue weighted by Crippen LogP contribution is -2.25. The van der Waals surface area contributed by atoms with E-state index in [1.165, 1.54) is 192 Å². The Labute approximate surface area is 448 Å². The summed E-state index contributed by atoms with van der Waals surface area (Å²) in [6, 6.07) is 84.9. The number of para-hydroxylation sites is 3. The molecule has 0 fully saturated rings. The second-order valence-electron chi connectivity index (χ2n) is 21.7. The number of fused-ring (bicyclic) bond motifs is 9. The van der Waals surface area contributed by atoms with Gasteiger partial charge in [0.25, 0.3) is 0 Å². The zero-order valence-corrected chi connectivity index (χ0v) is 44.3. The van der Waals surface area contributed by atoms with Gasteiger partial charge in [-0.25, -0.2) is 0 Å². The van der Waals surface area contributed by atoms with E-state index in [1.807, 2.05) is 0 Å². The molecule has 2 aromatic heterocycles. The zero-order chi connectivity index (χ0) is 51.2. The molecule has 2 nitrogen and oxygen atoms in total. The molecule has 0 saturated carbocycles. The van der Waals surface area contributed by atoms with Gasteiger partial charge in [0, 0.05) is 38.3 Å². The molecule has 1 aliphatic rings. The van der Waals surface area contributed by atoms with E-state index in [0.717, 1.165) is 0 Å². The van der Waals surface area contributed by atoms with Crippen LogP contribution in [0.25, 0.3) is 111 Å². The van der Waals surface area contributed by atoms with Crippen LogP contribution in [0.15, 0.2) is 224 Å². The number of unbranched alkanes of at least 4 members (excludes halogenated alkanes) is 6. The van der Waals surface area contributed by atoms with Gasteiger partial charge in [-0.1, -0.05) is 222 Å². The third-order valence-electron chi connectivity index (χ3n) is 17.0. The van der Waals surface area contributed by atoms with Crippen LogP contribution in [0.2, 0.25) is 0 Å². The minimum absolute atomic E-state index is 0.0508. The average Bonchev–Trinajstić information content (AvgIpc) is 4.17. The van der Waals surface area contributed by atoms with Crippen LogP contribution >= 0.6 is 0 Å². The molecule has 2 heterocycles. The number of hydrogen-bond donors (Lipinski definition) is 0. The maximum atomic E-state index is 2.60. The van der Waals surface area contributed by atoms with Gasteiger partial charge in [-0.05, 0) is 159 Å². The Morgan fingerprint density at radius 1 is 0.303 bits per heavy atom. The third-order valence-corrected chi connectivity index (χ3v) is 17.0. The molecule has 2 heteroatoms. The van der Waals surface area contributed by atoms with Crippen LogP contribution in [0.4, 0.5) is 0 Å². The van der Waals surface area contributed by atoms with Crippen LogP contribution in [0.1, 0.15) is 94.7 Å². The largest absolute Gasteiger partial charge is 0.309 e. The van der Waals surface area contributed by atoms with E-state index >= 15 is 0 Å². The summed E-state index contributed by atoms with van der Waals surface area (Å²) in [5, 5.41) is 5.12. The van der Waals surface area contributed by atoms with Gasteiger partial charge in [-0.15, -0.1) is 0 Å². The Bertz CT molecular complexity index is 4020. The normalized spacial score (nSPS) is 12.8. The molecule has 10 aromatic carbocycles. The molecular weight excluding hydrogens is 917 g/mol. The Kier molecular flexibility index (Phi) is 12.6. The maximum absolute atomic E-state index is 2.60. The van der Waals surface area contributed by atoms with E-state index in [9.17, 15) is 0 Å². The van der Waals surface area contributed by atoms with Crippen molar-refractivity contribution in [3.63, 3.8) is 0 Å². The number of rotatable bonds is 16. The number of benzene rings is 10. The van der Waals surface area contributed by atoms with Gasteiger partial charge in [0.05, 0.1) is 22.1 Å². The summed E-state index contributed by atoms with van der Waals surface area (Å²) >= 11 is 0. The maximum Gasteiger partial charge on any atom is 0.0541 e. The molecule has 0 radical (unpaired) electrons. The lowest BCUT2D eigenvalue weighted by molar-refractivity contribution is 0.401. The Morgan fingerprint density at radius 3 is 1.18 bits per heavy atom. The summed E-state index contributed by atoms with van der Waals surface area (Å²) in [5.41, 5.74) is 24.5. The van der Waals surface area contributed by atoms with Crippen molar-refractivity contribution in [2.75, 3.05) is 0 Å². The van der Waals surface area contributed by atoms with Crippen molar-refractivity contribution in [3.05, 3.63) is 241 Å². The van der Waals surface area contributed by atoms with Crippen LogP contribution in [-0.2, 0) is 5.41 Å². The summed E-state index contributed by atoms with van der Waals surface area (Å²) in [4.78, 5) is 0. The van der Waals surface area contributed by atoms with Gasteiger partial charge in [0.15, 0.2) is 0 Å². The van der Waals surface area contributed by atoms with Crippen molar-refractivity contribution in [1.29, 1.82) is 0 Å². The number of nitrogens with zero attached hydrogens (tertiary/aromatic N) is 2. The van der Waals surface area contributed by atoms with Crippen LogP contribution in [-0.4, -0.2) is 9.13 Å². The molecule has 0 atom stereocenters. The van der Waals surface area contributed by atoms with Crippen LogP contribution in [0, 0.1) is 6.92 Å². The highest BCUT2D eigenvalue weighted by Crippen LogP contribution is 2.56. The average molecular weight is 983 g/mol.